The van der Waals surface area contributed by atoms with Gasteiger partial charge in [0.2, 0.25) is 0 Å². The molecule has 0 saturated carbocycles. The third-order valence-corrected chi connectivity index (χ3v) is 5.28. The summed E-state index contributed by atoms with van der Waals surface area (Å²) in [7, 11) is 0. The predicted octanol–water partition coefficient (Wildman–Crippen LogP) is 3.43. The van der Waals surface area contributed by atoms with Gasteiger partial charge in [0.25, 0.3) is 0 Å². The summed E-state index contributed by atoms with van der Waals surface area (Å²) in [5, 5.41) is 8.22. The van der Waals surface area contributed by atoms with Crippen LogP contribution < -0.4 is 5.32 Å². The lowest BCUT2D eigenvalue weighted by atomic mass is 9.91. The molecule has 3 heterocycles. The zero-order chi connectivity index (χ0) is 16.8. The molecule has 2 unspecified atom stereocenters. The Labute approximate surface area is 145 Å². The van der Waals surface area contributed by atoms with Crippen LogP contribution in [0, 0.1) is 5.92 Å². The lowest BCUT2D eigenvalue weighted by Gasteiger charge is -2.42. The third-order valence-electron chi connectivity index (χ3n) is 4.45. The summed E-state index contributed by atoms with van der Waals surface area (Å²) in [6.45, 7) is 10.1. The van der Waals surface area contributed by atoms with Crippen LogP contribution in [0.2, 0.25) is 0 Å². The van der Waals surface area contributed by atoms with Crippen LogP contribution in [0.4, 0.5) is 10.6 Å². The first-order chi connectivity index (χ1) is 10.8. The Morgan fingerprint density at radius 1 is 1.48 bits per heavy atom. The van der Waals surface area contributed by atoms with Gasteiger partial charge < -0.3 is 15.0 Å². The number of rotatable bonds is 1. The molecule has 0 spiro atoms. The maximum Gasteiger partial charge on any atom is 0.410 e. The molecule has 1 aromatic heterocycles. The summed E-state index contributed by atoms with van der Waals surface area (Å²) in [6.07, 6.45) is 1.61. The fourth-order valence-corrected chi connectivity index (χ4v) is 4.03. The van der Waals surface area contributed by atoms with Gasteiger partial charge in [-0.3, -0.25) is 0 Å². The van der Waals surface area contributed by atoms with Gasteiger partial charge in [0.15, 0.2) is 0 Å². The Morgan fingerprint density at radius 2 is 2.22 bits per heavy atom. The largest absolute Gasteiger partial charge is 0.444 e. The van der Waals surface area contributed by atoms with Gasteiger partial charge in [0.05, 0.1) is 16.2 Å². The lowest BCUT2D eigenvalue weighted by Crippen LogP contribution is -2.50. The zero-order valence-electron chi connectivity index (χ0n) is 14.2. The minimum absolute atomic E-state index is 0.211. The predicted molar refractivity (Wildman–Crippen MR) is 92.7 cm³/mol. The molecule has 128 valence electrons. The molecule has 1 saturated heterocycles. The number of anilines is 1. The maximum atomic E-state index is 12.3. The number of ether oxygens (including phenoxy) is 1. The smallest absolute Gasteiger partial charge is 0.410 e. The molecule has 1 aromatic rings. The highest BCUT2D eigenvalue weighted by atomic mass is 79.9. The number of carbonyl (C=O) groups is 1. The molecule has 23 heavy (non-hydrogen) atoms. The second-order valence-corrected chi connectivity index (χ2v) is 8.12. The number of nitrogens with zero attached hydrogens (tertiary/aromatic N) is 3. The molecule has 0 radical (unpaired) electrons. The number of aromatic nitrogens is 2. The third kappa shape index (κ3) is 3.20. The van der Waals surface area contributed by atoms with E-state index in [0.717, 1.165) is 35.4 Å². The zero-order valence-corrected chi connectivity index (χ0v) is 15.8. The summed E-state index contributed by atoms with van der Waals surface area (Å²) in [4.78, 5) is 14.1. The maximum absolute atomic E-state index is 12.3. The van der Waals surface area contributed by atoms with E-state index in [1.54, 1.807) is 0 Å². The molecule has 1 N–H and O–H groups in total. The van der Waals surface area contributed by atoms with Crippen molar-refractivity contribution < 1.29 is 9.53 Å². The van der Waals surface area contributed by atoms with E-state index in [0.29, 0.717) is 25.0 Å². The topological polar surface area (TPSA) is 59.4 Å². The number of piperidine rings is 1. The van der Waals surface area contributed by atoms with Crippen LogP contribution in [0.15, 0.2) is 4.47 Å². The molecule has 1 fully saturated rings. The normalized spacial score (nSPS) is 23.8. The van der Waals surface area contributed by atoms with E-state index in [1.807, 2.05) is 25.7 Å². The van der Waals surface area contributed by atoms with Crippen molar-refractivity contribution in [3.05, 3.63) is 10.2 Å². The minimum Gasteiger partial charge on any atom is -0.444 e. The number of carbonyl (C=O) groups excluding carboxylic acids is 1. The van der Waals surface area contributed by atoms with Crippen molar-refractivity contribution in [2.24, 2.45) is 5.92 Å². The number of aryl methyl sites for hydroxylation is 1. The monoisotopic (exact) mass is 384 g/mol. The molecular formula is C16H25BrN4O2. The molecule has 2 aliphatic heterocycles. The Balaban J connectivity index is 1.74. The first-order valence-electron chi connectivity index (χ1n) is 8.29. The summed E-state index contributed by atoms with van der Waals surface area (Å²) in [5.74, 6) is 1.44. The lowest BCUT2D eigenvalue weighted by molar-refractivity contribution is 0.0107. The SMILES string of the molecule is CCc1nn2c(c1Br)NCC1CN(C(=O)OC(C)(C)C)CCC12. The van der Waals surface area contributed by atoms with Gasteiger partial charge in [-0.2, -0.15) is 5.10 Å². The molecule has 2 atom stereocenters. The molecule has 0 aromatic carbocycles. The molecule has 0 aliphatic carbocycles. The first kappa shape index (κ1) is 16.6. The molecule has 6 nitrogen and oxygen atoms in total. The summed E-state index contributed by atoms with van der Waals surface area (Å²) >= 11 is 3.65. The van der Waals surface area contributed by atoms with E-state index in [2.05, 4.69) is 32.9 Å². The van der Waals surface area contributed by atoms with Crippen molar-refractivity contribution in [1.82, 2.24) is 14.7 Å². The second-order valence-electron chi connectivity index (χ2n) is 7.33. The van der Waals surface area contributed by atoms with Crippen molar-refractivity contribution in [3.63, 3.8) is 0 Å². The Morgan fingerprint density at radius 3 is 2.87 bits per heavy atom. The molecular weight excluding hydrogens is 360 g/mol. The minimum atomic E-state index is -0.450. The molecule has 3 rings (SSSR count). The van der Waals surface area contributed by atoms with Crippen molar-refractivity contribution >= 4 is 27.8 Å². The average molecular weight is 385 g/mol. The number of hydrogen-bond acceptors (Lipinski definition) is 4. The quantitative estimate of drug-likeness (QED) is 0.805. The first-order valence-corrected chi connectivity index (χ1v) is 9.08. The highest BCUT2D eigenvalue weighted by Gasteiger charge is 2.39. The van der Waals surface area contributed by atoms with Gasteiger partial charge in [-0.15, -0.1) is 0 Å². The average Bonchev–Trinajstić information content (AvgIpc) is 2.81. The number of amides is 1. The van der Waals surface area contributed by atoms with Crippen LogP contribution in [0.5, 0.6) is 0 Å². The van der Waals surface area contributed by atoms with Crippen molar-refractivity contribution in [2.45, 2.75) is 52.2 Å². The summed E-state index contributed by atoms with van der Waals surface area (Å²) in [6, 6.07) is 0.349. The Hall–Kier alpha value is -1.24. The highest BCUT2D eigenvalue weighted by Crippen LogP contribution is 2.39. The van der Waals surface area contributed by atoms with E-state index in [9.17, 15) is 4.79 Å². The van der Waals surface area contributed by atoms with E-state index in [-0.39, 0.29) is 6.09 Å². The molecule has 7 heteroatoms. The van der Waals surface area contributed by atoms with Gasteiger partial charge in [0, 0.05) is 25.6 Å². The molecule has 2 aliphatic rings. The number of likely N-dealkylation sites (tertiary alicyclic amines) is 1. The van der Waals surface area contributed by atoms with Crippen LogP contribution in [0.25, 0.3) is 0 Å². The Bertz CT molecular complexity index is 608. The summed E-state index contributed by atoms with van der Waals surface area (Å²) in [5.41, 5.74) is 0.636. The van der Waals surface area contributed by atoms with E-state index in [4.69, 9.17) is 9.84 Å². The fraction of sp³-hybridized carbons (Fsp3) is 0.750. The van der Waals surface area contributed by atoms with Crippen LogP contribution >= 0.6 is 15.9 Å². The van der Waals surface area contributed by atoms with Crippen LogP contribution in [0.3, 0.4) is 0 Å². The van der Waals surface area contributed by atoms with E-state index >= 15 is 0 Å². The van der Waals surface area contributed by atoms with Crippen LogP contribution in [0.1, 0.15) is 45.9 Å². The number of fused-ring (bicyclic) bond motifs is 3. The highest BCUT2D eigenvalue weighted by molar-refractivity contribution is 9.10. The number of nitrogens with one attached hydrogen (secondary N) is 1. The standard InChI is InChI=1S/C16H25BrN4O2/c1-5-11-13(17)14-18-8-10-9-20(15(22)23-16(2,3)4)7-6-12(10)21(14)19-11/h10,12,18H,5-9H2,1-4H3. The molecule has 1 amide bonds. The van der Waals surface area contributed by atoms with Crippen molar-refractivity contribution in [1.29, 1.82) is 0 Å². The van der Waals surface area contributed by atoms with Gasteiger partial charge in [-0.05, 0) is 49.5 Å². The Kier molecular flexibility index (Phi) is 4.33. The second kappa shape index (κ2) is 6.00. The molecule has 0 bridgehead atoms. The van der Waals surface area contributed by atoms with Gasteiger partial charge >= 0.3 is 6.09 Å². The van der Waals surface area contributed by atoms with Crippen molar-refractivity contribution in [3.8, 4) is 0 Å². The van der Waals surface area contributed by atoms with Gasteiger partial charge in [0.1, 0.15) is 11.4 Å². The van der Waals surface area contributed by atoms with Gasteiger partial charge in [-0.25, -0.2) is 9.48 Å². The number of hydrogen-bond donors (Lipinski definition) is 1. The van der Waals surface area contributed by atoms with Crippen LogP contribution in [-0.4, -0.2) is 46.0 Å². The fourth-order valence-electron chi connectivity index (χ4n) is 3.35. The van der Waals surface area contributed by atoms with Crippen molar-refractivity contribution in [2.75, 3.05) is 25.0 Å². The van der Waals surface area contributed by atoms with E-state index < -0.39 is 5.60 Å². The van der Waals surface area contributed by atoms with Gasteiger partial charge in [-0.1, -0.05) is 6.92 Å². The van der Waals surface area contributed by atoms with E-state index in [1.165, 1.54) is 0 Å². The summed E-state index contributed by atoms with van der Waals surface area (Å²) < 4.78 is 8.70. The van der Waals surface area contributed by atoms with Crippen LogP contribution in [-0.2, 0) is 11.2 Å². The number of halogens is 1.